The first kappa shape index (κ1) is 13.7. The Hall–Kier alpha value is -1.69. The van der Waals surface area contributed by atoms with Gasteiger partial charge in [0.1, 0.15) is 9.84 Å². The maximum atomic E-state index is 11.8. The molecule has 0 N–H and O–H groups in total. The molecule has 2 rings (SSSR count). The molecule has 6 heteroatoms. The Labute approximate surface area is 112 Å². The summed E-state index contributed by atoms with van der Waals surface area (Å²) in [6, 6.07) is 7.59. The molecule has 0 aliphatic rings. The molecule has 0 fully saturated rings. The molecule has 102 valence electrons. The minimum absolute atomic E-state index is 0.0202. The number of sulfone groups is 1. The molecule has 2 aromatic rings. The van der Waals surface area contributed by atoms with E-state index in [0.717, 1.165) is 11.0 Å². The third-order valence-corrected chi connectivity index (χ3v) is 3.88. The van der Waals surface area contributed by atoms with Crippen molar-refractivity contribution in [2.45, 2.75) is 19.4 Å². The average Bonchev–Trinajstić information content (AvgIpc) is 2.71. The molecule has 0 spiro atoms. The van der Waals surface area contributed by atoms with Gasteiger partial charge < -0.3 is 4.57 Å². The van der Waals surface area contributed by atoms with E-state index in [9.17, 15) is 13.2 Å². The highest BCUT2D eigenvalue weighted by atomic mass is 32.2. The standard InChI is InChI=1S/C13H16N2O3S/c1-19(17,18)8-4-5-11(16)9-15-10-14-12-6-2-3-7-13(12)15/h2-3,6-7,10H,4-5,8-9H2,1H3. The van der Waals surface area contributed by atoms with Crippen LogP contribution in [0.3, 0.4) is 0 Å². The second kappa shape index (κ2) is 5.52. The van der Waals surface area contributed by atoms with Gasteiger partial charge in [0.15, 0.2) is 5.78 Å². The highest BCUT2D eigenvalue weighted by Gasteiger charge is 2.09. The predicted octanol–water partition coefficient (Wildman–Crippen LogP) is 1.43. The van der Waals surface area contributed by atoms with Crippen molar-refractivity contribution in [3.63, 3.8) is 0 Å². The Morgan fingerprint density at radius 1 is 1.32 bits per heavy atom. The average molecular weight is 280 g/mol. The first-order chi connectivity index (χ1) is 8.96. The molecule has 0 aliphatic carbocycles. The maximum Gasteiger partial charge on any atom is 0.152 e. The number of imidazole rings is 1. The van der Waals surface area contributed by atoms with E-state index in [2.05, 4.69) is 4.98 Å². The summed E-state index contributed by atoms with van der Waals surface area (Å²) in [6.45, 7) is 0.240. The summed E-state index contributed by atoms with van der Waals surface area (Å²) >= 11 is 0. The molecular weight excluding hydrogens is 264 g/mol. The summed E-state index contributed by atoms with van der Waals surface area (Å²) in [6.07, 6.45) is 3.48. The smallest absolute Gasteiger partial charge is 0.152 e. The minimum atomic E-state index is -2.99. The van der Waals surface area contributed by atoms with Crippen LogP contribution in [-0.4, -0.2) is 35.8 Å². The van der Waals surface area contributed by atoms with Gasteiger partial charge >= 0.3 is 0 Å². The number of nitrogens with zero attached hydrogens (tertiary/aromatic N) is 2. The van der Waals surface area contributed by atoms with Crippen molar-refractivity contribution in [3.8, 4) is 0 Å². The number of Topliss-reactive ketones (excluding diaryl/α,β-unsaturated/α-hetero) is 1. The lowest BCUT2D eigenvalue weighted by atomic mass is 10.2. The molecule has 5 nitrogen and oxygen atoms in total. The number of hydrogen-bond acceptors (Lipinski definition) is 4. The van der Waals surface area contributed by atoms with Crippen LogP contribution in [0.2, 0.25) is 0 Å². The van der Waals surface area contributed by atoms with Crippen LogP contribution in [0, 0.1) is 0 Å². The van der Waals surface area contributed by atoms with Crippen molar-refractivity contribution in [2.75, 3.05) is 12.0 Å². The number of ketones is 1. The van der Waals surface area contributed by atoms with E-state index in [4.69, 9.17) is 0 Å². The number of carbonyl (C=O) groups excluding carboxylic acids is 1. The molecule has 0 bridgehead atoms. The molecule has 19 heavy (non-hydrogen) atoms. The molecule has 0 atom stereocenters. The summed E-state index contributed by atoms with van der Waals surface area (Å²) in [5.41, 5.74) is 1.77. The van der Waals surface area contributed by atoms with Gasteiger partial charge in [0.25, 0.3) is 0 Å². The van der Waals surface area contributed by atoms with E-state index in [1.807, 2.05) is 24.3 Å². The van der Waals surface area contributed by atoms with Gasteiger partial charge in [-0.2, -0.15) is 0 Å². The van der Waals surface area contributed by atoms with Gasteiger partial charge in [-0.1, -0.05) is 12.1 Å². The van der Waals surface area contributed by atoms with E-state index in [-0.39, 0.29) is 24.5 Å². The van der Waals surface area contributed by atoms with Crippen LogP contribution >= 0.6 is 0 Å². The number of rotatable bonds is 6. The van der Waals surface area contributed by atoms with E-state index >= 15 is 0 Å². The molecule has 1 heterocycles. The topological polar surface area (TPSA) is 69.0 Å². The zero-order chi connectivity index (χ0) is 13.9. The van der Waals surface area contributed by atoms with Crippen molar-refractivity contribution in [1.82, 2.24) is 9.55 Å². The van der Waals surface area contributed by atoms with Gasteiger partial charge in [-0.15, -0.1) is 0 Å². The van der Waals surface area contributed by atoms with Crippen molar-refractivity contribution >= 4 is 26.7 Å². The van der Waals surface area contributed by atoms with Crippen LogP contribution < -0.4 is 0 Å². The second-order valence-electron chi connectivity index (χ2n) is 4.63. The fourth-order valence-corrected chi connectivity index (χ4v) is 2.61. The van der Waals surface area contributed by atoms with Gasteiger partial charge in [0.05, 0.1) is 29.7 Å². The number of benzene rings is 1. The number of carbonyl (C=O) groups is 1. The molecule has 0 radical (unpaired) electrons. The zero-order valence-electron chi connectivity index (χ0n) is 10.7. The maximum absolute atomic E-state index is 11.8. The van der Waals surface area contributed by atoms with Gasteiger partial charge in [-0.05, 0) is 18.6 Å². The fraction of sp³-hybridized carbons (Fsp3) is 0.385. The number of para-hydroxylation sites is 2. The van der Waals surface area contributed by atoms with E-state index in [1.54, 1.807) is 10.9 Å². The molecule has 1 aromatic heterocycles. The van der Waals surface area contributed by atoms with Crippen LogP contribution in [0.5, 0.6) is 0 Å². The lowest BCUT2D eigenvalue weighted by Gasteiger charge is -2.03. The molecule has 0 unspecified atom stereocenters. The Balaban J connectivity index is 1.96. The molecular formula is C13H16N2O3S. The van der Waals surface area contributed by atoms with Crippen LogP contribution in [0.15, 0.2) is 30.6 Å². The highest BCUT2D eigenvalue weighted by Crippen LogP contribution is 2.12. The van der Waals surface area contributed by atoms with Gasteiger partial charge in [0.2, 0.25) is 0 Å². The lowest BCUT2D eigenvalue weighted by molar-refractivity contribution is -0.119. The molecule has 0 saturated carbocycles. The van der Waals surface area contributed by atoms with Gasteiger partial charge in [0, 0.05) is 12.7 Å². The third-order valence-electron chi connectivity index (χ3n) is 2.84. The summed E-state index contributed by atoms with van der Waals surface area (Å²) < 4.78 is 23.7. The molecule has 0 saturated heterocycles. The lowest BCUT2D eigenvalue weighted by Crippen LogP contribution is -2.11. The van der Waals surface area contributed by atoms with Crippen molar-refractivity contribution < 1.29 is 13.2 Å². The fourth-order valence-electron chi connectivity index (χ4n) is 1.94. The van der Waals surface area contributed by atoms with Crippen molar-refractivity contribution in [1.29, 1.82) is 0 Å². The van der Waals surface area contributed by atoms with E-state index < -0.39 is 9.84 Å². The van der Waals surface area contributed by atoms with Crippen molar-refractivity contribution in [2.24, 2.45) is 0 Å². The third kappa shape index (κ3) is 3.89. The molecule has 1 aromatic carbocycles. The van der Waals surface area contributed by atoms with Gasteiger partial charge in [-0.25, -0.2) is 13.4 Å². The van der Waals surface area contributed by atoms with E-state index in [0.29, 0.717) is 6.42 Å². The Morgan fingerprint density at radius 3 is 2.79 bits per heavy atom. The Morgan fingerprint density at radius 2 is 2.05 bits per heavy atom. The summed E-state index contributed by atoms with van der Waals surface area (Å²) in [5, 5.41) is 0. The quantitative estimate of drug-likeness (QED) is 0.802. The zero-order valence-corrected chi connectivity index (χ0v) is 11.6. The molecule has 0 aliphatic heterocycles. The Bertz CT molecular complexity index is 689. The minimum Gasteiger partial charge on any atom is -0.323 e. The second-order valence-corrected chi connectivity index (χ2v) is 6.89. The Kier molecular flexibility index (Phi) is 3.99. The SMILES string of the molecule is CS(=O)(=O)CCCC(=O)Cn1cnc2ccccc21. The predicted molar refractivity (Wildman–Crippen MR) is 73.7 cm³/mol. The van der Waals surface area contributed by atoms with Crippen LogP contribution in [0.1, 0.15) is 12.8 Å². The summed E-state index contributed by atoms with van der Waals surface area (Å²) in [5.74, 6) is 0.0791. The van der Waals surface area contributed by atoms with Gasteiger partial charge in [-0.3, -0.25) is 4.79 Å². The normalized spacial score (nSPS) is 11.8. The molecule has 0 amide bonds. The first-order valence-electron chi connectivity index (χ1n) is 6.05. The van der Waals surface area contributed by atoms with E-state index in [1.165, 1.54) is 6.26 Å². The summed E-state index contributed by atoms with van der Waals surface area (Å²) in [7, 11) is -2.99. The first-order valence-corrected chi connectivity index (χ1v) is 8.11. The monoisotopic (exact) mass is 280 g/mol. The highest BCUT2D eigenvalue weighted by molar-refractivity contribution is 7.90. The van der Waals surface area contributed by atoms with Crippen LogP contribution in [0.4, 0.5) is 0 Å². The number of hydrogen-bond donors (Lipinski definition) is 0. The van der Waals surface area contributed by atoms with Crippen molar-refractivity contribution in [3.05, 3.63) is 30.6 Å². The number of aromatic nitrogens is 2. The van der Waals surface area contributed by atoms with Crippen LogP contribution in [-0.2, 0) is 21.2 Å². The van der Waals surface area contributed by atoms with Crippen LogP contribution in [0.25, 0.3) is 11.0 Å². The number of fused-ring (bicyclic) bond motifs is 1. The largest absolute Gasteiger partial charge is 0.323 e. The summed E-state index contributed by atoms with van der Waals surface area (Å²) in [4.78, 5) is 16.0.